The van der Waals surface area contributed by atoms with Crippen molar-refractivity contribution in [3.8, 4) is 22.8 Å². The molecule has 0 unspecified atom stereocenters. The fourth-order valence-corrected chi connectivity index (χ4v) is 4.47. The van der Waals surface area contributed by atoms with Crippen molar-refractivity contribution in [2.24, 2.45) is 7.05 Å². The normalized spacial score (nSPS) is 13.0. The molecule has 3 heterocycles. The Labute approximate surface area is 221 Å². The monoisotopic (exact) mass is 536 g/mol. The molecular formula is C27H23F3N6O3. The molecule has 0 spiro atoms. The molecule has 1 amide bonds. The number of aryl methyl sites for hydroxylation is 1. The van der Waals surface area contributed by atoms with E-state index in [2.05, 4.69) is 20.4 Å². The minimum atomic E-state index is -4.59. The zero-order valence-corrected chi connectivity index (χ0v) is 21.2. The lowest BCUT2D eigenvalue weighted by Gasteiger charge is -2.18. The highest BCUT2D eigenvalue weighted by atomic mass is 19.4. The first kappa shape index (κ1) is 25.9. The van der Waals surface area contributed by atoms with Gasteiger partial charge < -0.3 is 10.1 Å². The fourth-order valence-electron chi connectivity index (χ4n) is 4.47. The van der Waals surface area contributed by atoms with Gasteiger partial charge in [-0.2, -0.15) is 18.3 Å². The summed E-state index contributed by atoms with van der Waals surface area (Å²) in [6.45, 7) is 2.14. The Morgan fingerprint density at radius 3 is 2.49 bits per heavy atom. The summed E-state index contributed by atoms with van der Waals surface area (Å²) in [5, 5.41) is 7.59. The zero-order valence-electron chi connectivity index (χ0n) is 21.2. The summed E-state index contributed by atoms with van der Waals surface area (Å²) in [6, 6.07) is 13.5. The zero-order chi connectivity index (χ0) is 27.9. The maximum absolute atomic E-state index is 13.6. The van der Waals surface area contributed by atoms with Gasteiger partial charge in [0.05, 0.1) is 24.8 Å². The molecule has 5 rings (SSSR count). The van der Waals surface area contributed by atoms with E-state index < -0.39 is 23.6 Å². The van der Waals surface area contributed by atoms with Crippen LogP contribution in [0.15, 0.2) is 54.6 Å². The van der Waals surface area contributed by atoms with Crippen LogP contribution in [0.3, 0.4) is 0 Å². The number of hydrogen-bond acceptors (Lipinski definition) is 7. The molecule has 2 aromatic carbocycles. The van der Waals surface area contributed by atoms with Crippen molar-refractivity contribution in [3.63, 3.8) is 0 Å². The van der Waals surface area contributed by atoms with Gasteiger partial charge in [0.15, 0.2) is 11.6 Å². The molecule has 9 nitrogen and oxygen atoms in total. The lowest BCUT2D eigenvalue weighted by Crippen LogP contribution is -2.24. The molecule has 0 atom stereocenters. The summed E-state index contributed by atoms with van der Waals surface area (Å²) in [7, 11) is 3.01. The van der Waals surface area contributed by atoms with E-state index in [-0.39, 0.29) is 23.5 Å². The van der Waals surface area contributed by atoms with Crippen molar-refractivity contribution < 1.29 is 27.5 Å². The Balaban J connectivity index is 1.53. The van der Waals surface area contributed by atoms with Crippen molar-refractivity contribution in [1.29, 1.82) is 0 Å². The molecule has 0 radical (unpaired) electrons. The van der Waals surface area contributed by atoms with Crippen LogP contribution in [-0.2, 0) is 24.5 Å². The first-order chi connectivity index (χ1) is 18.6. The highest BCUT2D eigenvalue weighted by molar-refractivity contribution is 6.10. The molecule has 0 aliphatic carbocycles. The highest BCUT2D eigenvalue weighted by Crippen LogP contribution is 2.39. The van der Waals surface area contributed by atoms with Crippen molar-refractivity contribution >= 4 is 23.5 Å². The first-order valence-corrected chi connectivity index (χ1v) is 12.0. The largest absolute Gasteiger partial charge is 0.465 e. The Bertz CT molecular complexity index is 1580. The Morgan fingerprint density at radius 2 is 1.82 bits per heavy atom. The van der Waals surface area contributed by atoms with Crippen LogP contribution in [0.25, 0.3) is 22.8 Å². The van der Waals surface area contributed by atoms with E-state index in [0.29, 0.717) is 40.7 Å². The van der Waals surface area contributed by atoms with Gasteiger partial charge in [0.25, 0.3) is 5.91 Å². The second kappa shape index (κ2) is 9.86. The number of carbonyl (C=O) groups excluding carboxylic acids is 2. The van der Waals surface area contributed by atoms with Crippen molar-refractivity contribution in [2.45, 2.75) is 19.6 Å². The number of hydrogen-bond donors (Lipinski definition) is 1. The number of nitrogens with one attached hydrogen (secondary N) is 1. The highest BCUT2D eigenvalue weighted by Gasteiger charge is 2.40. The third kappa shape index (κ3) is 4.80. The maximum atomic E-state index is 13.6. The number of aromatic nitrogens is 4. The fraction of sp³-hybridized carbons (Fsp3) is 0.222. The summed E-state index contributed by atoms with van der Waals surface area (Å²) in [6.07, 6.45) is -4.59. The number of nitrogens with zero attached hydrogens (tertiary/aromatic N) is 5. The molecule has 1 aliphatic rings. The van der Waals surface area contributed by atoms with E-state index in [0.717, 1.165) is 6.07 Å². The number of ether oxygens (including phenoxy) is 1. The van der Waals surface area contributed by atoms with E-state index in [1.54, 1.807) is 48.1 Å². The molecule has 200 valence electrons. The second-order valence-corrected chi connectivity index (χ2v) is 8.80. The lowest BCUT2D eigenvalue weighted by atomic mass is 10.0. The number of methoxy groups -OCH3 is 1. The van der Waals surface area contributed by atoms with Crippen molar-refractivity contribution in [1.82, 2.24) is 19.7 Å². The van der Waals surface area contributed by atoms with Gasteiger partial charge in [-0.05, 0) is 48.9 Å². The summed E-state index contributed by atoms with van der Waals surface area (Å²) in [4.78, 5) is 35.3. The van der Waals surface area contributed by atoms with Gasteiger partial charge >= 0.3 is 12.1 Å². The summed E-state index contributed by atoms with van der Waals surface area (Å²) >= 11 is 0. The molecule has 0 saturated carbocycles. The van der Waals surface area contributed by atoms with Gasteiger partial charge in [-0.3, -0.25) is 9.69 Å². The summed E-state index contributed by atoms with van der Waals surface area (Å²) in [5.41, 5.74) is 0.687. The van der Waals surface area contributed by atoms with Crippen LogP contribution in [0.1, 0.15) is 38.8 Å². The number of alkyl halides is 3. The number of halogens is 3. The van der Waals surface area contributed by atoms with Crippen LogP contribution < -0.4 is 10.2 Å². The topological polar surface area (TPSA) is 102 Å². The van der Waals surface area contributed by atoms with E-state index in [1.807, 2.05) is 6.92 Å². The number of benzene rings is 2. The van der Waals surface area contributed by atoms with Crippen LogP contribution in [0.5, 0.6) is 0 Å². The predicted octanol–water partition coefficient (Wildman–Crippen LogP) is 4.94. The number of rotatable bonds is 6. The average molecular weight is 537 g/mol. The van der Waals surface area contributed by atoms with Crippen LogP contribution in [0, 0.1) is 0 Å². The van der Waals surface area contributed by atoms with E-state index in [9.17, 15) is 22.8 Å². The minimum absolute atomic E-state index is 0.00150. The molecule has 0 fully saturated rings. The predicted molar refractivity (Wildman–Crippen MR) is 137 cm³/mol. The van der Waals surface area contributed by atoms with Crippen LogP contribution in [0.4, 0.5) is 24.8 Å². The van der Waals surface area contributed by atoms with Gasteiger partial charge in [0.2, 0.25) is 0 Å². The average Bonchev–Trinajstić information content (AvgIpc) is 3.47. The van der Waals surface area contributed by atoms with Crippen LogP contribution in [-0.4, -0.2) is 45.3 Å². The Morgan fingerprint density at radius 1 is 1.08 bits per heavy atom. The smallest absolute Gasteiger partial charge is 0.416 e. The molecular weight excluding hydrogens is 513 g/mol. The second-order valence-electron chi connectivity index (χ2n) is 8.80. The van der Waals surface area contributed by atoms with Crippen molar-refractivity contribution in [2.75, 3.05) is 23.9 Å². The van der Waals surface area contributed by atoms with E-state index in [1.165, 1.54) is 24.1 Å². The minimum Gasteiger partial charge on any atom is -0.465 e. The number of carbonyl (C=O) groups is 2. The number of esters is 1. The number of fused-ring (bicyclic) bond motifs is 1. The van der Waals surface area contributed by atoms with Gasteiger partial charge in [0, 0.05) is 30.3 Å². The molecule has 39 heavy (non-hydrogen) atoms. The molecule has 12 heteroatoms. The molecule has 2 aromatic heterocycles. The summed E-state index contributed by atoms with van der Waals surface area (Å²) < 4.78 is 47.1. The number of amides is 1. The Hall–Kier alpha value is -4.74. The van der Waals surface area contributed by atoms with E-state index >= 15 is 0 Å². The standard InChI is InChI=1S/C27H23F3N6O3/c1-4-31-21-12-17(24-33-23(34-35(24)2)15-8-10-16(11-9-15)26(38)39-3)13-22(32-21)36-14-19-18(25(36)37)6-5-7-20(19)27(28,29)30/h5-13H,4,14H2,1-3H3,(H,31,32). The van der Waals surface area contributed by atoms with Crippen molar-refractivity contribution in [3.05, 3.63) is 76.9 Å². The van der Waals surface area contributed by atoms with Crippen LogP contribution in [0.2, 0.25) is 0 Å². The van der Waals surface area contributed by atoms with Crippen LogP contribution >= 0.6 is 0 Å². The van der Waals surface area contributed by atoms with Gasteiger partial charge in [-0.25, -0.2) is 19.4 Å². The van der Waals surface area contributed by atoms with E-state index in [4.69, 9.17) is 4.74 Å². The third-order valence-corrected chi connectivity index (χ3v) is 6.30. The summed E-state index contributed by atoms with van der Waals surface area (Å²) in [5.74, 6) is 0.434. The Kier molecular flexibility index (Phi) is 6.54. The first-order valence-electron chi connectivity index (χ1n) is 12.0. The van der Waals surface area contributed by atoms with Gasteiger partial charge in [0.1, 0.15) is 11.6 Å². The molecule has 1 N–H and O–H groups in total. The number of pyridine rings is 1. The molecule has 0 saturated heterocycles. The van der Waals surface area contributed by atoms with Gasteiger partial charge in [-0.1, -0.05) is 18.2 Å². The lowest BCUT2D eigenvalue weighted by molar-refractivity contribution is -0.138. The van der Waals surface area contributed by atoms with Gasteiger partial charge in [-0.15, -0.1) is 0 Å². The quantitative estimate of drug-likeness (QED) is 0.348. The SMILES string of the molecule is CCNc1cc(-c2nc(-c3ccc(C(=O)OC)cc3)nn2C)cc(N2Cc3c(cccc3C(F)(F)F)C2=O)n1. The molecule has 0 bridgehead atoms. The molecule has 1 aliphatic heterocycles. The number of anilines is 2. The third-order valence-electron chi connectivity index (χ3n) is 6.30. The molecule has 4 aromatic rings. The maximum Gasteiger partial charge on any atom is 0.416 e.